The Bertz CT molecular complexity index is 419. The van der Waals surface area contributed by atoms with Crippen LogP contribution in [0.25, 0.3) is 0 Å². The molecule has 0 spiro atoms. The molecule has 1 aromatic carbocycles. The summed E-state index contributed by atoms with van der Waals surface area (Å²) < 4.78 is 11.3. The van der Waals surface area contributed by atoms with Gasteiger partial charge < -0.3 is 15.2 Å². The molecule has 0 saturated heterocycles. The highest BCUT2D eigenvalue weighted by molar-refractivity contribution is 5.43. The van der Waals surface area contributed by atoms with Gasteiger partial charge in [0.1, 0.15) is 17.6 Å². The highest BCUT2D eigenvalue weighted by atomic mass is 16.5. The first-order valence-electron chi connectivity index (χ1n) is 7.84. The van der Waals surface area contributed by atoms with Crippen LogP contribution < -0.4 is 15.2 Å². The summed E-state index contributed by atoms with van der Waals surface area (Å²) in [5, 5.41) is 0. The van der Waals surface area contributed by atoms with Crippen LogP contribution in [0.5, 0.6) is 11.5 Å². The fourth-order valence-corrected chi connectivity index (χ4v) is 2.84. The average Bonchev–Trinajstić information content (AvgIpc) is 2.46. The van der Waals surface area contributed by atoms with E-state index < -0.39 is 0 Å². The van der Waals surface area contributed by atoms with Crippen molar-refractivity contribution in [3.8, 4) is 11.5 Å². The Morgan fingerprint density at radius 1 is 1.25 bits per heavy atom. The Balaban J connectivity index is 1.89. The molecular weight excluding hydrogens is 250 g/mol. The Hall–Kier alpha value is -1.22. The summed E-state index contributed by atoms with van der Waals surface area (Å²) >= 11 is 0. The van der Waals surface area contributed by atoms with Crippen LogP contribution >= 0.6 is 0 Å². The van der Waals surface area contributed by atoms with Gasteiger partial charge in [-0.1, -0.05) is 38.7 Å². The zero-order chi connectivity index (χ0) is 14.4. The first-order chi connectivity index (χ1) is 9.74. The van der Waals surface area contributed by atoms with E-state index in [-0.39, 0.29) is 12.1 Å². The summed E-state index contributed by atoms with van der Waals surface area (Å²) in [4.78, 5) is 0. The van der Waals surface area contributed by atoms with E-state index >= 15 is 0 Å². The molecule has 0 amide bonds. The lowest BCUT2D eigenvalue weighted by atomic mass is 9.94. The van der Waals surface area contributed by atoms with Crippen molar-refractivity contribution in [2.75, 3.05) is 7.11 Å². The third-order valence-electron chi connectivity index (χ3n) is 4.06. The molecule has 1 unspecified atom stereocenters. The van der Waals surface area contributed by atoms with Crippen molar-refractivity contribution in [1.82, 2.24) is 0 Å². The molecule has 1 aromatic rings. The third kappa shape index (κ3) is 3.89. The lowest BCUT2D eigenvalue weighted by Crippen LogP contribution is -2.29. The normalized spacial score (nSPS) is 21.1. The predicted molar refractivity (Wildman–Crippen MR) is 82.3 cm³/mol. The molecule has 20 heavy (non-hydrogen) atoms. The quantitative estimate of drug-likeness (QED) is 0.759. The van der Waals surface area contributed by atoms with Crippen molar-refractivity contribution in [3.05, 3.63) is 23.8 Å². The molecule has 0 bridgehead atoms. The maximum atomic E-state index is 6.26. The van der Waals surface area contributed by atoms with Crippen molar-refractivity contribution in [2.45, 2.75) is 64.0 Å². The van der Waals surface area contributed by atoms with E-state index in [2.05, 4.69) is 6.92 Å². The second-order valence-electron chi connectivity index (χ2n) is 5.69. The minimum atomic E-state index is 0.0882. The molecule has 0 saturated carbocycles. The molecule has 0 fully saturated rings. The summed E-state index contributed by atoms with van der Waals surface area (Å²) in [5.74, 6) is 1.74. The maximum absolute atomic E-state index is 6.26. The van der Waals surface area contributed by atoms with Crippen LogP contribution in [0.15, 0.2) is 18.2 Å². The van der Waals surface area contributed by atoms with Crippen molar-refractivity contribution in [2.24, 2.45) is 5.73 Å². The number of unbranched alkanes of at least 4 members (excludes halogenated alkanes) is 4. The van der Waals surface area contributed by atoms with Gasteiger partial charge in [-0.25, -0.2) is 0 Å². The van der Waals surface area contributed by atoms with Gasteiger partial charge in [0.15, 0.2) is 0 Å². The topological polar surface area (TPSA) is 44.5 Å². The van der Waals surface area contributed by atoms with Crippen LogP contribution in [0.3, 0.4) is 0 Å². The molecule has 3 heteroatoms. The largest absolute Gasteiger partial charge is 0.497 e. The Morgan fingerprint density at radius 2 is 2.05 bits per heavy atom. The van der Waals surface area contributed by atoms with Crippen molar-refractivity contribution in [3.63, 3.8) is 0 Å². The maximum Gasteiger partial charge on any atom is 0.128 e. The number of benzene rings is 1. The van der Waals surface area contributed by atoms with E-state index in [1.54, 1.807) is 7.11 Å². The average molecular weight is 277 g/mol. The van der Waals surface area contributed by atoms with Gasteiger partial charge in [0.25, 0.3) is 0 Å². The van der Waals surface area contributed by atoms with Gasteiger partial charge >= 0.3 is 0 Å². The summed E-state index contributed by atoms with van der Waals surface area (Å²) in [6.07, 6.45) is 8.78. The van der Waals surface area contributed by atoms with Gasteiger partial charge in [-0.15, -0.1) is 0 Å². The Kier molecular flexibility index (Phi) is 5.72. The number of methoxy groups -OCH3 is 1. The van der Waals surface area contributed by atoms with E-state index in [4.69, 9.17) is 15.2 Å². The minimum Gasteiger partial charge on any atom is -0.497 e. The van der Waals surface area contributed by atoms with Crippen LogP contribution in [0, 0.1) is 0 Å². The number of nitrogens with two attached hydrogens (primary N) is 1. The SMILES string of the molecule is CCCCCCCC1C[C@@H](N)c2ccc(OC)cc2O1. The molecule has 0 aromatic heterocycles. The molecule has 1 heterocycles. The highest BCUT2D eigenvalue weighted by Crippen LogP contribution is 2.37. The van der Waals surface area contributed by atoms with Crippen molar-refractivity contribution < 1.29 is 9.47 Å². The lowest BCUT2D eigenvalue weighted by molar-refractivity contribution is 0.146. The second kappa shape index (κ2) is 7.53. The fraction of sp³-hybridized carbons (Fsp3) is 0.647. The van der Waals surface area contributed by atoms with Gasteiger partial charge in [0.2, 0.25) is 0 Å². The van der Waals surface area contributed by atoms with Crippen LogP contribution in [0.2, 0.25) is 0 Å². The molecule has 2 rings (SSSR count). The molecule has 2 atom stereocenters. The first kappa shape index (κ1) is 15.2. The lowest BCUT2D eigenvalue weighted by Gasteiger charge is -2.30. The van der Waals surface area contributed by atoms with Gasteiger partial charge in [0, 0.05) is 24.1 Å². The molecule has 1 aliphatic heterocycles. The zero-order valence-corrected chi connectivity index (χ0v) is 12.7. The Labute approximate surface area is 122 Å². The van der Waals surface area contributed by atoms with Gasteiger partial charge in [-0.2, -0.15) is 0 Å². The van der Waals surface area contributed by atoms with E-state index in [1.807, 2.05) is 18.2 Å². The van der Waals surface area contributed by atoms with E-state index in [0.29, 0.717) is 0 Å². The van der Waals surface area contributed by atoms with E-state index in [1.165, 1.54) is 32.1 Å². The van der Waals surface area contributed by atoms with Crippen LogP contribution in [0.4, 0.5) is 0 Å². The van der Waals surface area contributed by atoms with E-state index in [9.17, 15) is 0 Å². The second-order valence-corrected chi connectivity index (χ2v) is 5.69. The van der Waals surface area contributed by atoms with Crippen molar-refractivity contribution >= 4 is 0 Å². The molecule has 112 valence electrons. The summed E-state index contributed by atoms with van der Waals surface area (Å²) in [6.45, 7) is 2.24. The van der Waals surface area contributed by atoms with Crippen molar-refractivity contribution in [1.29, 1.82) is 0 Å². The number of ether oxygens (including phenoxy) is 2. The molecule has 0 aliphatic carbocycles. The summed E-state index contributed by atoms with van der Waals surface area (Å²) in [5.41, 5.74) is 7.36. The molecule has 2 N–H and O–H groups in total. The van der Waals surface area contributed by atoms with Gasteiger partial charge in [-0.3, -0.25) is 0 Å². The van der Waals surface area contributed by atoms with E-state index in [0.717, 1.165) is 29.9 Å². The standard InChI is InChI=1S/C17H27NO2/c1-3-4-5-6-7-8-14-11-16(18)15-10-9-13(19-2)12-17(15)20-14/h9-10,12,14,16H,3-8,11,18H2,1-2H3/t14?,16-/m1/s1. The fourth-order valence-electron chi connectivity index (χ4n) is 2.84. The minimum absolute atomic E-state index is 0.0882. The smallest absolute Gasteiger partial charge is 0.128 e. The third-order valence-corrected chi connectivity index (χ3v) is 4.06. The monoisotopic (exact) mass is 277 g/mol. The van der Waals surface area contributed by atoms with Gasteiger partial charge in [0.05, 0.1) is 7.11 Å². The van der Waals surface area contributed by atoms with Crippen LogP contribution in [0.1, 0.15) is 63.5 Å². The Morgan fingerprint density at radius 3 is 2.80 bits per heavy atom. The molecule has 1 aliphatic rings. The number of hydrogen-bond donors (Lipinski definition) is 1. The summed E-state index contributed by atoms with van der Waals surface area (Å²) in [6, 6.07) is 6.02. The first-order valence-corrected chi connectivity index (χ1v) is 7.84. The molecule has 0 radical (unpaired) electrons. The molecule has 3 nitrogen and oxygen atoms in total. The predicted octanol–water partition coefficient (Wildman–Crippen LogP) is 4.21. The van der Waals surface area contributed by atoms with Crippen LogP contribution in [-0.4, -0.2) is 13.2 Å². The number of fused-ring (bicyclic) bond motifs is 1. The number of hydrogen-bond acceptors (Lipinski definition) is 3. The highest BCUT2D eigenvalue weighted by Gasteiger charge is 2.25. The molecular formula is C17H27NO2. The van der Waals surface area contributed by atoms with Gasteiger partial charge in [-0.05, 0) is 18.9 Å². The van der Waals surface area contributed by atoms with Crippen LogP contribution in [-0.2, 0) is 0 Å². The number of rotatable bonds is 7. The summed E-state index contributed by atoms with van der Waals surface area (Å²) in [7, 11) is 1.68. The zero-order valence-electron chi connectivity index (χ0n) is 12.7.